The van der Waals surface area contributed by atoms with Crippen LogP contribution < -0.4 is 10.6 Å². The maximum absolute atomic E-state index is 11.9. The van der Waals surface area contributed by atoms with Gasteiger partial charge in [-0.25, -0.2) is 4.79 Å². The summed E-state index contributed by atoms with van der Waals surface area (Å²) in [6.45, 7) is 1.89. The number of hydrogen-bond donors (Lipinski definition) is 2. The number of nitrogens with zero attached hydrogens (tertiary/aromatic N) is 1. The van der Waals surface area contributed by atoms with E-state index in [1.807, 2.05) is 19.1 Å². The molecule has 20 heavy (non-hydrogen) atoms. The highest BCUT2D eigenvalue weighted by atomic mass is 35.5. The predicted molar refractivity (Wildman–Crippen MR) is 81.3 cm³/mol. The Morgan fingerprint density at radius 2 is 1.90 bits per heavy atom. The molecule has 1 aromatic carbocycles. The summed E-state index contributed by atoms with van der Waals surface area (Å²) in [5, 5.41) is 6.41. The molecule has 1 unspecified atom stereocenters. The zero-order chi connectivity index (χ0) is 14.5. The molecule has 1 aromatic heterocycles. The average molecular weight is 310 g/mol. The number of halogens is 2. The van der Waals surface area contributed by atoms with Crippen molar-refractivity contribution in [3.05, 3.63) is 58.3 Å². The normalized spacial score (nSPS) is 11.8. The van der Waals surface area contributed by atoms with Crippen LogP contribution in [0.5, 0.6) is 0 Å². The molecule has 0 aliphatic rings. The largest absolute Gasteiger partial charge is 0.331 e. The Labute approximate surface area is 127 Å². The van der Waals surface area contributed by atoms with E-state index in [9.17, 15) is 4.79 Å². The van der Waals surface area contributed by atoms with Gasteiger partial charge in [-0.15, -0.1) is 0 Å². The molecular weight excluding hydrogens is 297 g/mol. The Morgan fingerprint density at radius 1 is 1.20 bits per heavy atom. The highest BCUT2D eigenvalue weighted by Crippen LogP contribution is 2.25. The molecule has 1 atom stereocenters. The Kier molecular flexibility index (Phi) is 4.82. The Balaban J connectivity index is 1.99. The fraction of sp³-hybridized carbons (Fsp3) is 0.143. The molecule has 1 heterocycles. The van der Waals surface area contributed by atoms with E-state index < -0.39 is 0 Å². The number of aromatic nitrogens is 1. The number of benzene rings is 1. The van der Waals surface area contributed by atoms with Crippen LogP contribution in [0.2, 0.25) is 10.0 Å². The van der Waals surface area contributed by atoms with Gasteiger partial charge in [-0.2, -0.15) is 0 Å². The standard InChI is InChI=1S/C14H13Cl2N3O/c1-9(10-4-6-17-7-5-10)18-14(20)19-13-3-2-11(15)8-12(13)16/h2-9H,1H3,(H2,18,19,20). The van der Waals surface area contributed by atoms with Crippen LogP contribution in [0.15, 0.2) is 42.7 Å². The quantitative estimate of drug-likeness (QED) is 0.889. The molecular formula is C14H13Cl2N3O. The van der Waals surface area contributed by atoms with E-state index in [4.69, 9.17) is 23.2 Å². The molecule has 0 saturated carbocycles. The average Bonchev–Trinajstić information content (AvgIpc) is 2.43. The lowest BCUT2D eigenvalue weighted by molar-refractivity contribution is 0.249. The first-order valence-corrected chi connectivity index (χ1v) is 6.74. The number of rotatable bonds is 3. The van der Waals surface area contributed by atoms with Crippen LogP contribution in [0, 0.1) is 0 Å². The summed E-state index contributed by atoms with van der Waals surface area (Å²) in [5.41, 5.74) is 1.48. The summed E-state index contributed by atoms with van der Waals surface area (Å²) in [5.74, 6) is 0. The molecule has 0 spiro atoms. The van der Waals surface area contributed by atoms with Crippen molar-refractivity contribution < 1.29 is 4.79 Å². The minimum Gasteiger partial charge on any atom is -0.331 e. The first-order valence-electron chi connectivity index (χ1n) is 5.99. The highest BCUT2D eigenvalue weighted by molar-refractivity contribution is 6.36. The predicted octanol–water partition coefficient (Wildman–Crippen LogP) is 4.27. The third-order valence-electron chi connectivity index (χ3n) is 2.73. The Morgan fingerprint density at radius 3 is 2.55 bits per heavy atom. The lowest BCUT2D eigenvalue weighted by atomic mass is 10.1. The van der Waals surface area contributed by atoms with Gasteiger partial charge in [0.25, 0.3) is 0 Å². The third-order valence-corrected chi connectivity index (χ3v) is 3.28. The van der Waals surface area contributed by atoms with Crippen LogP contribution in [-0.4, -0.2) is 11.0 Å². The van der Waals surface area contributed by atoms with Crippen LogP contribution in [0.3, 0.4) is 0 Å². The molecule has 0 saturated heterocycles. The molecule has 2 aromatic rings. The summed E-state index contributed by atoms with van der Waals surface area (Å²) in [7, 11) is 0. The molecule has 0 aliphatic carbocycles. The maximum atomic E-state index is 11.9. The Bertz CT molecular complexity index is 605. The van der Waals surface area contributed by atoms with Crippen molar-refractivity contribution in [3.8, 4) is 0 Å². The monoisotopic (exact) mass is 309 g/mol. The van der Waals surface area contributed by atoms with E-state index >= 15 is 0 Å². The SMILES string of the molecule is CC(NC(=O)Nc1ccc(Cl)cc1Cl)c1ccncc1. The zero-order valence-electron chi connectivity index (χ0n) is 10.7. The molecule has 104 valence electrons. The summed E-state index contributed by atoms with van der Waals surface area (Å²) in [6, 6.07) is 8.12. The first kappa shape index (κ1) is 14.6. The fourth-order valence-electron chi connectivity index (χ4n) is 1.68. The number of urea groups is 1. The van der Waals surface area contributed by atoms with Crippen molar-refractivity contribution in [3.63, 3.8) is 0 Å². The summed E-state index contributed by atoms with van der Waals surface area (Å²) >= 11 is 11.8. The summed E-state index contributed by atoms with van der Waals surface area (Å²) in [4.78, 5) is 15.8. The fourth-order valence-corrected chi connectivity index (χ4v) is 2.14. The minimum atomic E-state index is -0.335. The van der Waals surface area contributed by atoms with Gasteiger partial charge in [0.05, 0.1) is 16.8 Å². The van der Waals surface area contributed by atoms with E-state index in [2.05, 4.69) is 15.6 Å². The minimum absolute atomic E-state index is 0.135. The van der Waals surface area contributed by atoms with Gasteiger partial charge in [0.15, 0.2) is 0 Å². The van der Waals surface area contributed by atoms with Gasteiger partial charge in [-0.3, -0.25) is 4.98 Å². The van der Waals surface area contributed by atoms with Gasteiger partial charge in [0, 0.05) is 17.4 Å². The summed E-state index contributed by atoms with van der Waals surface area (Å²) in [6.07, 6.45) is 3.36. The third kappa shape index (κ3) is 3.85. The molecule has 2 amide bonds. The maximum Gasteiger partial charge on any atom is 0.319 e. The van der Waals surface area contributed by atoms with Crippen molar-refractivity contribution in [2.75, 3.05) is 5.32 Å². The Hall–Kier alpha value is -1.78. The molecule has 0 bridgehead atoms. The lowest BCUT2D eigenvalue weighted by Crippen LogP contribution is -2.31. The molecule has 0 fully saturated rings. The van der Waals surface area contributed by atoms with Crippen molar-refractivity contribution in [1.29, 1.82) is 0 Å². The van der Waals surface area contributed by atoms with Crippen molar-refractivity contribution in [2.45, 2.75) is 13.0 Å². The molecule has 2 N–H and O–H groups in total. The van der Waals surface area contributed by atoms with E-state index in [1.54, 1.807) is 30.6 Å². The van der Waals surface area contributed by atoms with Gasteiger partial charge in [-0.1, -0.05) is 23.2 Å². The van der Waals surface area contributed by atoms with Crippen molar-refractivity contribution >= 4 is 34.9 Å². The second kappa shape index (κ2) is 6.59. The van der Waals surface area contributed by atoms with E-state index in [-0.39, 0.29) is 12.1 Å². The lowest BCUT2D eigenvalue weighted by Gasteiger charge is -2.15. The number of hydrogen-bond acceptors (Lipinski definition) is 2. The van der Waals surface area contributed by atoms with Gasteiger partial charge < -0.3 is 10.6 Å². The van der Waals surface area contributed by atoms with E-state index in [0.717, 1.165) is 5.56 Å². The molecule has 0 aliphatic heterocycles. The van der Waals surface area contributed by atoms with E-state index in [0.29, 0.717) is 15.7 Å². The molecule has 2 rings (SSSR count). The smallest absolute Gasteiger partial charge is 0.319 e. The highest BCUT2D eigenvalue weighted by Gasteiger charge is 2.10. The van der Waals surface area contributed by atoms with E-state index in [1.165, 1.54) is 0 Å². The molecule has 4 nitrogen and oxygen atoms in total. The van der Waals surface area contributed by atoms with Gasteiger partial charge >= 0.3 is 6.03 Å². The molecule has 6 heteroatoms. The summed E-state index contributed by atoms with van der Waals surface area (Å²) < 4.78 is 0. The number of carbonyl (C=O) groups is 1. The van der Waals surface area contributed by atoms with Gasteiger partial charge in [-0.05, 0) is 42.8 Å². The van der Waals surface area contributed by atoms with Crippen LogP contribution in [0.1, 0.15) is 18.5 Å². The molecule has 0 radical (unpaired) electrons. The second-order valence-corrected chi connectivity index (χ2v) is 5.07. The first-order chi connectivity index (χ1) is 9.56. The van der Waals surface area contributed by atoms with Gasteiger partial charge in [0.2, 0.25) is 0 Å². The number of amides is 2. The number of nitrogens with one attached hydrogen (secondary N) is 2. The van der Waals surface area contributed by atoms with Gasteiger partial charge in [0.1, 0.15) is 0 Å². The van der Waals surface area contributed by atoms with Crippen LogP contribution in [0.4, 0.5) is 10.5 Å². The van der Waals surface area contributed by atoms with Crippen LogP contribution in [-0.2, 0) is 0 Å². The number of anilines is 1. The number of pyridine rings is 1. The van der Waals surface area contributed by atoms with Crippen LogP contribution in [0.25, 0.3) is 0 Å². The number of carbonyl (C=O) groups excluding carboxylic acids is 1. The van der Waals surface area contributed by atoms with Crippen molar-refractivity contribution in [2.24, 2.45) is 0 Å². The zero-order valence-corrected chi connectivity index (χ0v) is 12.2. The van der Waals surface area contributed by atoms with Crippen molar-refractivity contribution in [1.82, 2.24) is 10.3 Å². The topological polar surface area (TPSA) is 54.0 Å². The van der Waals surface area contributed by atoms with Crippen LogP contribution >= 0.6 is 23.2 Å². The second-order valence-electron chi connectivity index (χ2n) is 4.22.